The fourth-order valence-corrected chi connectivity index (χ4v) is 4.70. The fourth-order valence-electron chi connectivity index (χ4n) is 2.88. The molecule has 3 nitrogen and oxygen atoms in total. The molecule has 146 valence electrons. The van der Waals surface area contributed by atoms with Gasteiger partial charge in [0.05, 0.1) is 0 Å². The molecule has 0 aliphatic heterocycles. The van der Waals surface area contributed by atoms with Gasteiger partial charge in [-0.25, -0.2) is 0 Å². The van der Waals surface area contributed by atoms with Crippen LogP contribution in [0.15, 0.2) is 71.9 Å². The van der Waals surface area contributed by atoms with E-state index < -0.39 is 0 Å². The Kier molecular flexibility index (Phi) is 6.16. The lowest BCUT2D eigenvalue weighted by molar-refractivity contribution is 0.886. The maximum absolute atomic E-state index is 6.33. The highest BCUT2D eigenvalue weighted by Crippen LogP contribution is 2.34. The molecule has 0 unspecified atom stereocenters. The van der Waals surface area contributed by atoms with Crippen LogP contribution in [0.4, 0.5) is 0 Å². The smallest absolute Gasteiger partial charge is 0.196 e. The molecule has 0 amide bonds. The minimum atomic E-state index is 0.581. The van der Waals surface area contributed by atoms with Crippen LogP contribution >= 0.6 is 46.6 Å². The maximum atomic E-state index is 6.33. The Balaban J connectivity index is 1.75. The molecule has 3 aromatic carbocycles. The summed E-state index contributed by atoms with van der Waals surface area (Å²) in [5.74, 6) is 1.35. The van der Waals surface area contributed by atoms with Gasteiger partial charge in [0.25, 0.3) is 0 Å². The molecule has 4 rings (SSSR count). The first-order valence-electron chi connectivity index (χ1n) is 8.87. The second kappa shape index (κ2) is 8.80. The Labute approximate surface area is 188 Å². The lowest BCUT2D eigenvalue weighted by Gasteiger charge is -2.11. The molecule has 0 fully saturated rings. The predicted molar refractivity (Wildman–Crippen MR) is 123 cm³/mol. The van der Waals surface area contributed by atoms with Crippen LogP contribution in [0.5, 0.6) is 0 Å². The molecule has 0 radical (unpaired) electrons. The summed E-state index contributed by atoms with van der Waals surface area (Å²) in [7, 11) is 0. The molecule has 4 aromatic rings. The predicted octanol–water partition coefficient (Wildman–Crippen LogP) is 7.50. The molecule has 0 aliphatic rings. The van der Waals surface area contributed by atoms with Crippen LogP contribution < -0.4 is 0 Å². The largest absolute Gasteiger partial charge is 0.270 e. The molecule has 0 spiro atoms. The summed E-state index contributed by atoms with van der Waals surface area (Å²) < 4.78 is 2.02. The molecule has 0 N–H and O–H groups in total. The van der Waals surface area contributed by atoms with Crippen LogP contribution in [0.1, 0.15) is 11.1 Å². The third kappa shape index (κ3) is 4.46. The van der Waals surface area contributed by atoms with Crippen molar-refractivity contribution in [2.24, 2.45) is 0 Å². The number of benzene rings is 3. The summed E-state index contributed by atoms with van der Waals surface area (Å²) in [6.45, 7) is 2.06. The van der Waals surface area contributed by atoms with Crippen molar-refractivity contribution < 1.29 is 0 Å². The Morgan fingerprint density at radius 3 is 2.14 bits per heavy atom. The second-order valence-corrected chi connectivity index (χ2v) is 8.67. The van der Waals surface area contributed by atoms with Gasteiger partial charge in [0, 0.05) is 32.1 Å². The van der Waals surface area contributed by atoms with Gasteiger partial charge in [-0.05, 0) is 48.9 Å². The molecular weight excluding hydrogens is 445 g/mol. The van der Waals surface area contributed by atoms with Gasteiger partial charge in [-0.1, -0.05) is 82.5 Å². The van der Waals surface area contributed by atoms with E-state index in [-0.39, 0.29) is 0 Å². The van der Waals surface area contributed by atoms with E-state index in [9.17, 15) is 0 Å². The van der Waals surface area contributed by atoms with E-state index in [2.05, 4.69) is 29.3 Å². The van der Waals surface area contributed by atoms with Gasteiger partial charge in [0.2, 0.25) is 0 Å². The maximum Gasteiger partial charge on any atom is 0.196 e. The van der Waals surface area contributed by atoms with Crippen molar-refractivity contribution in [3.8, 4) is 17.1 Å². The van der Waals surface area contributed by atoms with Gasteiger partial charge < -0.3 is 0 Å². The van der Waals surface area contributed by atoms with E-state index in [4.69, 9.17) is 34.8 Å². The Bertz CT molecular complexity index is 1120. The summed E-state index contributed by atoms with van der Waals surface area (Å²) in [5.41, 5.74) is 3.99. The van der Waals surface area contributed by atoms with Crippen LogP contribution in [-0.4, -0.2) is 14.8 Å². The summed E-state index contributed by atoms with van der Waals surface area (Å²) in [5, 5.41) is 11.6. The molecule has 7 heteroatoms. The highest BCUT2D eigenvalue weighted by atomic mass is 35.5. The van der Waals surface area contributed by atoms with Crippen LogP contribution in [-0.2, 0) is 5.75 Å². The van der Waals surface area contributed by atoms with Crippen LogP contribution in [0.2, 0.25) is 15.1 Å². The normalized spacial score (nSPS) is 11.0. The van der Waals surface area contributed by atoms with E-state index in [1.807, 2.05) is 59.2 Å². The van der Waals surface area contributed by atoms with Crippen LogP contribution in [0.3, 0.4) is 0 Å². The third-order valence-electron chi connectivity index (χ3n) is 4.44. The molecular formula is C22H16Cl3N3S. The average Bonchev–Trinajstić information content (AvgIpc) is 3.13. The van der Waals surface area contributed by atoms with Gasteiger partial charge in [-0.3, -0.25) is 4.57 Å². The van der Waals surface area contributed by atoms with Gasteiger partial charge in [0.1, 0.15) is 0 Å². The minimum Gasteiger partial charge on any atom is -0.270 e. The molecule has 0 saturated carbocycles. The molecule has 0 atom stereocenters. The van der Waals surface area contributed by atoms with Crippen molar-refractivity contribution in [2.75, 3.05) is 0 Å². The van der Waals surface area contributed by atoms with Crippen molar-refractivity contribution in [3.63, 3.8) is 0 Å². The zero-order valence-electron chi connectivity index (χ0n) is 15.4. The van der Waals surface area contributed by atoms with Gasteiger partial charge in [-0.2, -0.15) is 0 Å². The first kappa shape index (κ1) is 20.3. The number of hydrogen-bond acceptors (Lipinski definition) is 3. The monoisotopic (exact) mass is 459 g/mol. The summed E-state index contributed by atoms with van der Waals surface area (Å²) >= 11 is 20.3. The molecule has 1 aromatic heterocycles. The van der Waals surface area contributed by atoms with Gasteiger partial charge >= 0.3 is 0 Å². The van der Waals surface area contributed by atoms with E-state index in [1.54, 1.807) is 0 Å². The first-order chi connectivity index (χ1) is 14.0. The molecule has 0 bridgehead atoms. The lowest BCUT2D eigenvalue weighted by Crippen LogP contribution is -2.00. The van der Waals surface area contributed by atoms with E-state index >= 15 is 0 Å². The Morgan fingerprint density at radius 2 is 1.48 bits per heavy atom. The standard InChI is InChI=1S/C22H16Cl3N3S/c1-14-5-7-15(8-6-14)21-26-27-22(28(21)17-11-9-16(23)10-12-17)29-13-18-19(24)3-2-4-20(18)25/h2-12H,13H2,1H3. The summed E-state index contributed by atoms with van der Waals surface area (Å²) in [6.07, 6.45) is 0. The minimum absolute atomic E-state index is 0.581. The number of aryl methyl sites for hydroxylation is 1. The quantitative estimate of drug-likeness (QED) is 0.289. The fraction of sp³-hybridized carbons (Fsp3) is 0.0909. The number of nitrogens with zero attached hydrogens (tertiary/aromatic N) is 3. The molecule has 0 aliphatic carbocycles. The number of rotatable bonds is 5. The Morgan fingerprint density at radius 1 is 0.828 bits per heavy atom. The number of halogens is 3. The zero-order chi connectivity index (χ0) is 20.4. The topological polar surface area (TPSA) is 30.7 Å². The second-order valence-electron chi connectivity index (χ2n) is 6.47. The molecule has 0 saturated heterocycles. The van der Waals surface area contributed by atoms with E-state index in [0.29, 0.717) is 20.8 Å². The number of aromatic nitrogens is 3. The SMILES string of the molecule is Cc1ccc(-c2nnc(SCc3c(Cl)cccc3Cl)n2-c2ccc(Cl)cc2)cc1. The zero-order valence-corrected chi connectivity index (χ0v) is 18.5. The Hall–Kier alpha value is -1.98. The number of hydrogen-bond donors (Lipinski definition) is 0. The third-order valence-corrected chi connectivity index (χ3v) is 6.35. The highest BCUT2D eigenvalue weighted by Gasteiger charge is 2.17. The average molecular weight is 461 g/mol. The van der Waals surface area contributed by atoms with Crippen molar-refractivity contribution in [3.05, 3.63) is 92.9 Å². The van der Waals surface area contributed by atoms with Gasteiger partial charge in [-0.15, -0.1) is 10.2 Å². The first-order valence-corrected chi connectivity index (χ1v) is 11.0. The summed E-state index contributed by atoms with van der Waals surface area (Å²) in [6, 6.07) is 21.4. The number of thioether (sulfide) groups is 1. The van der Waals surface area contributed by atoms with Crippen LogP contribution in [0.25, 0.3) is 17.1 Å². The molecule has 1 heterocycles. The van der Waals surface area contributed by atoms with Crippen LogP contribution in [0, 0.1) is 6.92 Å². The highest BCUT2D eigenvalue weighted by molar-refractivity contribution is 7.98. The van der Waals surface area contributed by atoms with Crippen molar-refractivity contribution >= 4 is 46.6 Å². The summed E-state index contributed by atoms with van der Waals surface area (Å²) in [4.78, 5) is 0. The molecule has 29 heavy (non-hydrogen) atoms. The lowest BCUT2D eigenvalue weighted by atomic mass is 10.1. The van der Waals surface area contributed by atoms with Crippen molar-refractivity contribution in [1.29, 1.82) is 0 Å². The van der Waals surface area contributed by atoms with Crippen molar-refractivity contribution in [2.45, 2.75) is 17.8 Å². The van der Waals surface area contributed by atoms with E-state index in [1.165, 1.54) is 17.3 Å². The van der Waals surface area contributed by atoms with Crippen molar-refractivity contribution in [1.82, 2.24) is 14.8 Å². The van der Waals surface area contributed by atoms with Gasteiger partial charge in [0.15, 0.2) is 11.0 Å². The van der Waals surface area contributed by atoms with E-state index in [0.717, 1.165) is 27.8 Å².